The summed E-state index contributed by atoms with van der Waals surface area (Å²) in [5.41, 5.74) is 0.757. The Morgan fingerprint density at radius 1 is 1.59 bits per heavy atom. The second kappa shape index (κ2) is 4.46. The van der Waals surface area contributed by atoms with Crippen molar-refractivity contribution in [3.05, 3.63) is 23.9 Å². The molecule has 0 radical (unpaired) electrons. The Morgan fingerprint density at radius 2 is 2.35 bits per heavy atom. The van der Waals surface area contributed by atoms with E-state index < -0.39 is 0 Å². The highest BCUT2D eigenvalue weighted by Crippen LogP contribution is 2.45. The van der Waals surface area contributed by atoms with Crippen LogP contribution >= 0.6 is 0 Å². The Labute approximate surface area is 100 Å². The summed E-state index contributed by atoms with van der Waals surface area (Å²) < 4.78 is 5.08. The van der Waals surface area contributed by atoms with Crippen LogP contribution in [-0.4, -0.2) is 18.0 Å². The lowest BCUT2D eigenvalue weighted by Gasteiger charge is -2.16. The topological polar surface area (TPSA) is 51.2 Å². The minimum atomic E-state index is -0.267. The summed E-state index contributed by atoms with van der Waals surface area (Å²) in [4.78, 5) is 15.5. The van der Waals surface area contributed by atoms with Crippen molar-refractivity contribution in [2.24, 2.45) is 0 Å². The summed E-state index contributed by atoms with van der Waals surface area (Å²) in [6.45, 7) is 1.65. The first-order valence-electron chi connectivity index (χ1n) is 5.45. The number of nitrogens with zero attached hydrogens (tertiary/aromatic N) is 1. The number of nitrogens with one attached hydrogen (secondary N) is 1. The first kappa shape index (κ1) is 11.5. The van der Waals surface area contributed by atoms with Gasteiger partial charge in [0, 0.05) is 12.3 Å². The molecule has 0 aliphatic heterocycles. The maximum absolute atomic E-state index is 11.5. The second-order valence-corrected chi connectivity index (χ2v) is 4.00. The van der Waals surface area contributed by atoms with E-state index in [0.29, 0.717) is 5.88 Å². The van der Waals surface area contributed by atoms with Crippen molar-refractivity contribution in [2.45, 2.75) is 25.3 Å². The number of aromatic nitrogens is 1. The predicted octanol–water partition coefficient (Wildman–Crippen LogP) is 1.22. The van der Waals surface area contributed by atoms with Crippen LogP contribution in [0, 0.1) is 11.8 Å². The molecular weight excluding hydrogens is 216 g/mol. The highest BCUT2D eigenvalue weighted by atomic mass is 16.5. The number of ether oxygens (including phenoxy) is 1. The van der Waals surface area contributed by atoms with Crippen LogP contribution in [0.2, 0.25) is 0 Å². The summed E-state index contributed by atoms with van der Waals surface area (Å²) in [5, 5.41) is 2.94. The molecule has 1 saturated carbocycles. The van der Waals surface area contributed by atoms with Gasteiger partial charge in [-0.15, -0.1) is 0 Å². The fraction of sp³-hybridized carbons (Fsp3) is 0.385. The van der Waals surface area contributed by atoms with Crippen molar-refractivity contribution >= 4 is 5.91 Å². The van der Waals surface area contributed by atoms with Crippen molar-refractivity contribution in [1.82, 2.24) is 10.3 Å². The van der Waals surface area contributed by atoms with E-state index in [1.807, 2.05) is 12.1 Å². The molecule has 1 amide bonds. The van der Waals surface area contributed by atoms with Gasteiger partial charge in [0.25, 0.3) is 5.91 Å². The summed E-state index contributed by atoms with van der Waals surface area (Å²) in [7, 11) is 1.58. The smallest absolute Gasteiger partial charge is 0.296 e. The molecule has 17 heavy (non-hydrogen) atoms. The number of carbonyl (C=O) groups is 1. The molecule has 1 aliphatic carbocycles. The maximum atomic E-state index is 11.5. The van der Waals surface area contributed by atoms with E-state index in [1.165, 1.54) is 0 Å². The first-order valence-corrected chi connectivity index (χ1v) is 5.45. The predicted molar refractivity (Wildman–Crippen MR) is 63.3 cm³/mol. The van der Waals surface area contributed by atoms with E-state index in [4.69, 9.17) is 4.74 Å². The first-order chi connectivity index (χ1) is 8.20. The van der Waals surface area contributed by atoms with Gasteiger partial charge in [-0.3, -0.25) is 4.79 Å². The van der Waals surface area contributed by atoms with Crippen LogP contribution in [0.4, 0.5) is 0 Å². The number of carbonyl (C=O) groups excluding carboxylic acids is 1. The molecule has 4 nitrogen and oxygen atoms in total. The quantitative estimate of drug-likeness (QED) is 0.794. The Kier molecular flexibility index (Phi) is 3.01. The molecule has 1 aromatic rings. The van der Waals surface area contributed by atoms with Crippen LogP contribution in [0.5, 0.6) is 5.88 Å². The fourth-order valence-electron chi connectivity index (χ4n) is 1.79. The van der Waals surface area contributed by atoms with E-state index >= 15 is 0 Å². The van der Waals surface area contributed by atoms with Crippen LogP contribution in [0.3, 0.4) is 0 Å². The Balaban J connectivity index is 2.19. The fourth-order valence-corrected chi connectivity index (χ4v) is 1.79. The number of hydrogen-bond donors (Lipinski definition) is 1. The molecule has 1 aromatic heterocycles. The molecule has 0 bridgehead atoms. The van der Waals surface area contributed by atoms with Crippen molar-refractivity contribution in [1.29, 1.82) is 0 Å². The highest BCUT2D eigenvalue weighted by molar-refractivity contribution is 5.94. The zero-order chi connectivity index (χ0) is 12.3. The lowest BCUT2D eigenvalue weighted by molar-refractivity contribution is -0.116. The number of hydrogen-bond acceptors (Lipinski definition) is 3. The molecular formula is C13H14N2O2. The zero-order valence-electron chi connectivity index (χ0n) is 9.91. The molecule has 1 heterocycles. The Hall–Kier alpha value is -2.02. The average Bonchev–Trinajstić information content (AvgIpc) is 3.10. The number of rotatable bonds is 3. The van der Waals surface area contributed by atoms with Crippen LogP contribution in [-0.2, 0) is 10.3 Å². The largest absolute Gasteiger partial charge is 0.481 e. The molecule has 0 atom stereocenters. The normalized spacial score (nSPS) is 15.4. The van der Waals surface area contributed by atoms with Crippen LogP contribution in [0.25, 0.3) is 0 Å². The van der Waals surface area contributed by atoms with Crippen molar-refractivity contribution in [3.8, 4) is 17.7 Å². The third-order valence-corrected chi connectivity index (χ3v) is 2.84. The van der Waals surface area contributed by atoms with Crippen molar-refractivity contribution < 1.29 is 9.53 Å². The van der Waals surface area contributed by atoms with E-state index in [9.17, 15) is 4.79 Å². The van der Waals surface area contributed by atoms with E-state index in [-0.39, 0.29) is 11.4 Å². The van der Waals surface area contributed by atoms with Gasteiger partial charge in [0.05, 0.1) is 12.6 Å². The molecule has 4 heteroatoms. The van der Waals surface area contributed by atoms with Gasteiger partial charge in [0.1, 0.15) is 0 Å². The summed E-state index contributed by atoms with van der Waals surface area (Å²) in [5.74, 6) is 5.41. The van der Waals surface area contributed by atoms with Gasteiger partial charge in [-0.1, -0.05) is 5.92 Å². The molecule has 1 fully saturated rings. The molecule has 1 N–H and O–H groups in total. The number of methoxy groups -OCH3 is 1. The second-order valence-electron chi connectivity index (χ2n) is 4.00. The Bertz CT molecular complexity index is 496. The SMILES string of the molecule is CC#CC(=O)NC1(c2ccnc(OC)c2)CC1. The minimum Gasteiger partial charge on any atom is -0.481 e. The molecule has 0 aromatic carbocycles. The van der Waals surface area contributed by atoms with E-state index in [2.05, 4.69) is 22.1 Å². The maximum Gasteiger partial charge on any atom is 0.296 e. The zero-order valence-corrected chi connectivity index (χ0v) is 9.91. The van der Waals surface area contributed by atoms with Gasteiger partial charge in [-0.2, -0.15) is 0 Å². The van der Waals surface area contributed by atoms with Gasteiger partial charge in [-0.05, 0) is 37.3 Å². The average molecular weight is 230 g/mol. The molecule has 0 unspecified atom stereocenters. The third-order valence-electron chi connectivity index (χ3n) is 2.84. The van der Waals surface area contributed by atoms with Gasteiger partial charge < -0.3 is 10.1 Å². The van der Waals surface area contributed by atoms with Gasteiger partial charge in [0.15, 0.2) is 0 Å². The lowest BCUT2D eigenvalue weighted by Crippen LogP contribution is -2.33. The van der Waals surface area contributed by atoms with E-state index in [1.54, 1.807) is 20.2 Å². The number of amides is 1. The van der Waals surface area contributed by atoms with Gasteiger partial charge in [-0.25, -0.2) is 4.98 Å². The summed E-state index contributed by atoms with van der Waals surface area (Å²) in [6, 6.07) is 3.75. The Morgan fingerprint density at radius 3 is 2.94 bits per heavy atom. The van der Waals surface area contributed by atoms with Crippen molar-refractivity contribution in [3.63, 3.8) is 0 Å². The molecule has 0 spiro atoms. The monoisotopic (exact) mass is 230 g/mol. The van der Waals surface area contributed by atoms with Crippen molar-refractivity contribution in [2.75, 3.05) is 7.11 Å². The molecule has 2 rings (SSSR count). The van der Waals surface area contributed by atoms with Gasteiger partial charge >= 0.3 is 0 Å². The standard InChI is InChI=1S/C13H14N2O2/c1-3-4-11(16)15-13(6-7-13)10-5-8-14-12(9-10)17-2/h5,8-9H,6-7H2,1-2H3,(H,15,16). The lowest BCUT2D eigenvalue weighted by atomic mass is 10.1. The molecule has 1 aliphatic rings. The van der Waals surface area contributed by atoms with Crippen LogP contribution in [0.1, 0.15) is 25.3 Å². The highest BCUT2D eigenvalue weighted by Gasteiger charge is 2.45. The van der Waals surface area contributed by atoms with Crippen LogP contribution in [0.15, 0.2) is 18.3 Å². The molecule has 0 saturated heterocycles. The summed E-state index contributed by atoms with van der Waals surface area (Å²) >= 11 is 0. The number of pyridine rings is 1. The van der Waals surface area contributed by atoms with E-state index in [0.717, 1.165) is 18.4 Å². The van der Waals surface area contributed by atoms with Gasteiger partial charge in [0.2, 0.25) is 5.88 Å². The minimum absolute atomic E-state index is 0.235. The van der Waals surface area contributed by atoms with Crippen LogP contribution < -0.4 is 10.1 Å². The third kappa shape index (κ3) is 2.39. The molecule has 88 valence electrons. The summed E-state index contributed by atoms with van der Waals surface area (Å²) in [6.07, 6.45) is 3.54.